The lowest BCUT2D eigenvalue weighted by atomic mass is 10.1. The fourth-order valence-electron chi connectivity index (χ4n) is 3.81. The monoisotopic (exact) mass is 587 g/mol. The van der Waals surface area contributed by atoms with Crippen molar-refractivity contribution in [2.75, 3.05) is 19.0 Å². The Balaban J connectivity index is 1.53. The van der Waals surface area contributed by atoms with Gasteiger partial charge in [0.2, 0.25) is 11.8 Å². The summed E-state index contributed by atoms with van der Waals surface area (Å²) in [5.41, 5.74) is -1.68. The van der Waals surface area contributed by atoms with Crippen LogP contribution in [0.2, 0.25) is 0 Å². The van der Waals surface area contributed by atoms with Crippen LogP contribution >= 0.6 is 23.4 Å². The molecule has 3 aromatic rings. The van der Waals surface area contributed by atoms with Crippen LogP contribution in [-0.4, -0.2) is 52.3 Å². The molecule has 1 saturated heterocycles. The largest absolute Gasteiger partial charge is 0.487 e. The van der Waals surface area contributed by atoms with Crippen molar-refractivity contribution >= 4 is 57.7 Å². The first kappa shape index (κ1) is 29.0. The second-order valence-electron chi connectivity index (χ2n) is 8.59. The number of nitrogens with one attached hydrogen (secondary N) is 1. The molecule has 1 aliphatic rings. The number of hydrogen-bond donors (Lipinski definition) is 1. The average Bonchev–Trinajstić information content (AvgIpc) is 2.93. The van der Waals surface area contributed by atoms with Gasteiger partial charge in [0.1, 0.15) is 11.0 Å². The number of halogens is 3. The maximum Gasteiger partial charge on any atom is 0.487 e. The number of methoxy groups -OCH3 is 1. The van der Waals surface area contributed by atoms with Crippen LogP contribution in [0, 0.1) is 0 Å². The topological polar surface area (TPSA) is 97.3 Å². The third-order valence-electron chi connectivity index (χ3n) is 5.77. The molecule has 1 aliphatic heterocycles. The van der Waals surface area contributed by atoms with Gasteiger partial charge < -0.3 is 14.8 Å². The highest BCUT2D eigenvalue weighted by Gasteiger charge is 2.36. The van der Waals surface area contributed by atoms with Crippen molar-refractivity contribution in [1.29, 1.82) is 0 Å². The maximum atomic E-state index is 13.2. The third-order valence-corrected chi connectivity index (χ3v) is 7.03. The molecule has 208 valence electrons. The number of nitrogens with zero attached hydrogens (tertiary/aromatic N) is 2. The van der Waals surface area contributed by atoms with Gasteiger partial charge >= 0.3 is 11.5 Å². The van der Waals surface area contributed by atoms with Crippen molar-refractivity contribution in [3.8, 4) is 5.75 Å². The first-order valence-electron chi connectivity index (χ1n) is 12.1. The van der Waals surface area contributed by atoms with Crippen LogP contribution < -0.4 is 10.1 Å². The highest BCUT2D eigenvalue weighted by molar-refractivity contribution is 8.15. The Kier molecular flexibility index (Phi) is 9.38. The number of anilines is 1. The molecule has 4 rings (SSSR count). The number of alkyl halides is 3. The van der Waals surface area contributed by atoms with Crippen molar-refractivity contribution < 1.29 is 32.6 Å². The number of amidine groups is 1. The highest BCUT2D eigenvalue weighted by atomic mass is 35.5. The van der Waals surface area contributed by atoms with Crippen LogP contribution in [0.15, 0.2) is 83.9 Å². The number of benzene rings is 3. The second kappa shape index (κ2) is 12.9. The van der Waals surface area contributed by atoms with Gasteiger partial charge in [0.25, 0.3) is 0 Å². The van der Waals surface area contributed by atoms with Gasteiger partial charge in [0, 0.05) is 30.3 Å². The lowest BCUT2D eigenvalue weighted by Gasteiger charge is -2.32. The predicted octanol–water partition coefficient (Wildman–Crippen LogP) is 5.84. The number of ether oxygens (including phenoxy) is 2. The Bertz CT molecular complexity index is 1380. The Morgan fingerprint density at radius 1 is 1.07 bits per heavy atom. The van der Waals surface area contributed by atoms with Crippen molar-refractivity contribution in [2.24, 2.45) is 4.99 Å². The summed E-state index contributed by atoms with van der Waals surface area (Å²) >= 11 is 5.95. The molecule has 1 fully saturated rings. The number of thioether (sulfide) groups is 1. The van der Waals surface area contributed by atoms with E-state index in [9.17, 15) is 23.2 Å². The summed E-state index contributed by atoms with van der Waals surface area (Å²) < 4.78 is 34.9. The molecule has 0 aliphatic carbocycles. The van der Waals surface area contributed by atoms with Gasteiger partial charge in [-0.3, -0.25) is 14.5 Å². The van der Waals surface area contributed by atoms with Crippen LogP contribution in [0.4, 0.5) is 20.2 Å². The lowest BCUT2D eigenvalue weighted by Crippen LogP contribution is -2.46. The quantitative estimate of drug-likeness (QED) is 0.249. The summed E-state index contributed by atoms with van der Waals surface area (Å²) in [7, 11) is 1.28. The van der Waals surface area contributed by atoms with E-state index in [0.717, 1.165) is 17.3 Å². The zero-order valence-corrected chi connectivity index (χ0v) is 22.8. The van der Waals surface area contributed by atoms with E-state index in [2.05, 4.69) is 19.8 Å². The summed E-state index contributed by atoms with van der Waals surface area (Å²) in [5.74, 6) is -1.35. The number of esters is 1. The molecule has 1 atom stereocenters. The molecule has 0 spiro atoms. The molecular formula is C28H24ClF2N3O5S. The van der Waals surface area contributed by atoms with Crippen LogP contribution in [0.1, 0.15) is 22.3 Å². The van der Waals surface area contributed by atoms with Gasteiger partial charge in [0.15, 0.2) is 5.17 Å². The summed E-state index contributed by atoms with van der Waals surface area (Å²) in [4.78, 5) is 44.1. The first-order valence-corrected chi connectivity index (χ1v) is 13.3. The highest BCUT2D eigenvalue weighted by Crippen LogP contribution is 2.32. The van der Waals surface area contributed by atoms with E-state index >= 15 is 0 Å². The fourth-order valence-corrected chi connectivity index (χ4v) is 5.02. The molecule has 3 aromatic carbocycles. The number of amides is 2. The molecular weight excluding hydrogens is 564 g/mol. The molecule has 1 N–H and O–H groups in total. The molecule has 40 heavy (non-hydrogen) atoms. The molecule has 8 nitrogen and oxygen atoms in total. The van der Waals surface area contributed by atoms with Gasteiger partial charge in [-0.25, -0.2) is 9.79 Å². The minimum atomic E-state index is -3.85. The molecule has 0 saturated carbocycles. The van der Waals surface area contributed by atoms with Crippen molar-refractivity contribution in [2.45, 2.75) is 23.7 Å². The fraction of sp³-hybridized carbons (Fsp3) is 0.214. The molecule has 0 bridgehead atoms. The zero-order chi connectivity index (χ0) is 28.7. The van der Waals surface area contributed by atoms with E-state index in [1.54, 1.807) is 12.1 Å². The summed E-state index contributed by atoms with van der Waals surface area (Å²) in [5, 5.41) is 2.28. The average molecular weight is 588 g/mol. The van der Waals surface area contributed by atoms with E-state index < -0.39 is 22.7 Å². The summed E-state index contributed by atoms with van der Waals surface area (Å²) in [6.07, 6.45) is 0.509. The Labute approximate surface area is 238 Å². The Hall–Kier alpha value is -3.96. The molecule has 0 radical (unpaired) electrons. The van der Waals surface area contributed by atoms with E-state index in [1.165, 1.54) is 48.4 Å². The Morgan fingerprint density at radius 3 is 2.38 bits per heavy atom. The molecule has 2 amide bonds. The van der Waals surface area contributed by atoms with Gasteiger partial charge in [-0.2, -0.15) is 0 Å². The molecule has 0 unspecified atom stereocenters. The standard InChI is InChI=1S/C28H24ClF2N3O5S/c1-38-26(37)19-7-9-20(10-8-19)32-25(36)23-17-24(35)34(16-15-18-5-3-2-4-6-18)27(40-23)33-21-11-13-22(14-12-21)39-28(29,30)31/h2-14,23H,15-17H2,1H3,(H,32,36)/t23-/m1/s1. The van der Waals surface area contributed by atoms with Crippen molar-refractivity contribution in [3.63, 3.8) is 0 Å². The number of rotatable bonds is 9. The smallest absolute Gasteiger partial charge is 0.465 e. The summed E-state index contributed by atoms with van der Waals surface area (Å²) in [6, 6.07) is 21.2. The minimum Gasteiger partial charge on any atom is -0.465 e. The van der Waals surface area contributed by atoms with E-state index in [1.807, 2.05) is 30.3 Å². The van der Waals surface area contributed by atoms with Gasteiger partial charge in [-0.05, 0) is 60.5 Å². The summed E-state index contributed by atoms with van der Waals surface area (Å²) in [6.45, 7) is 0.331. The van der Waals surface area contributed by atoms with Crippen LogP contribution in [-0.2, 0) is 20.7 Å². The first-order chi connectivity index (χ1) is 19.1. The van der Waals surface area contributed by atoms with Gasteiger partial charge in [0.05, 0.1) is 18.4 Å². The van der Waals surface area contributed by atoms with Gasteiger partial charge in [-0.15, -0.1) is 8.78 Å². The molecule has 0 aromatic heterocycles. The Morgan fingerprint density at radius 2 is 1.75 bits per heavy atom. The third kappa shape index (κ3) is 8.03. The SMILES string of the molecule is COC(=O)c1ccc(NC(=O)[C@H]2CC(=O)N(CCc3ccccc3)C(=Nc3ccc(OC(F)(F)Cl)cc3)S2)cc1. The maximum absolute atomic E-state index is 13.2. The zero-order valence-electron chi connectivity index (χ0n) is 21.2. The minimum absolute atomic E-state index is 0.0534. The molecule has 12 heteroatoms. The number of carbonyl (C=O) groups excluding carboxylic acids is 3. The number of aliphatic imine (C=N–C) groups is 1. The predicted molar refractivity (Wildman–Crippen MR) is 149 cm³/mol. The van der Waals surface area contributed by atoms with Crippen molar-refractivity contribution in [3.05, 3.63) is 90.0 Å². The van der Waals surface area contributed by atoms with Crippen LogP contribution in [0.25, 0.3) is 0 Å². The number of hydrogen-bond acceptors (Lipinski definition) is 7. The second-order valence-corrected chi connectivity index (χ2v) is 10.2. The van der Waals surface area contributed by atoms with Gasteiger partial charge in [-0.1, -0.05) is 42.1 Å². The molecule has 1 heterocycles. The van der Waals surface area contributed by atoms with Crippen LogP contribution in [0.3, 0.4) is 0 Å². The van der Waals surface area contributed by atoms with Crippen LogP contribution in [0.5, 0.6) is 5.75 Å². The van der Waals surface area contributed by atoms with E-state index in [4.69, 9.17) is 11.6 Å². The normalized spacial score (nSPS) is 16.5. The number of carbonyl (C=O) groups is 3. The van der Waals surface area contributed by atoms with Crippen molar-refractivity contribution in [1.82, 2.24) is 4.90 Å². The van der Waals surface area contributed by atoms with E-state index in [0.29, 0.717) is 35.1 Å². The van der Waals surface area contributed by atoms with E-state index in [-0.39, 0.29) is 18.1 Å². The lowest BCUT2D eigenvalue weighted by molar-refractivity contribution is -0.129.